The molecule has 0 saturated heterocycles. The fourth-order valence-corrected chi connectivity index (χ4v) is 3.57. The molecule has 2 nitrogen and oxygen atoms in total. The molecule has 0 aliphatic heterocycles. The van der Waals surface area contributed by atoms with Crippen LogP contribution in [0, 0.1) is 12.1 Å². The molecule has 150 valence electrons. The Morgan fingerprint density at radius 3 is 2.42 bits per heavy atom. The van der Waals surface area contributed by atoms with Gasteiger partial charge in [-0.3, -0.25) is 9.97 Å². The zero-order valence-corrected chi connectivity index (χ0v) is 18.2. The van der Waals surface area contributed by atoms with Crippen LogP contribution in [0.4, 0.5) is 0 Å². The molecule has 0 saturated carbocycles. The maximum absolute atomic E-state index is 4.73. The quantitative estimate of drug-likeness (QED) is 0.210. The van der Waals surface area contributed by atoms with Crippen LogP contribution in [0.25, 0.3) is 39.4 Å². The van der Waals surface area contributed by atoms with E-state index in [1.807, 2.05) is 60.7 Å². The number of benzene rings is 3. The molecule has 0 radical (unpaired) electrons. The SMILES string of the molecule is [C-](=Cc1cccc(-c2ccccn2)n1)c1ccc2ccccc2c1-c1[c-]cccc1.[Pd+2]. The van der Waals surface area contributed by atoms with Gasteiger partial charge in [0.1, 0.15) is 0 Å². The van der Waals surface area contributed by atoms with Gasteiger partial charge in [0.05, 0.1) is 11.4 Å². The van der Waals surface area contributed by atoms with E-state index in [1.54, 1.807) is 6.20 Å². The first kappa shape index (κ1) is 20.9. The summed E-state index contributed by atoms with van der Waals surface area (Å²) in [6.07, 6.45) is 7.19. The summed E-state index contributed by atoms with van der Waals surface area (Å²) >= 11 is 0. The largest absolute Gasteiger partial charge is 2.00 e. The van der Waals surface area contributed by atoms with E-state index in [2.05, 4.69) is 59.6 Å². The van der Waals surface area contributed by atoms with Crippen LogP contribution < -0.4 is 0 Å². The molecule has 2 heterocycles. The Kier molecular flexibility index (Phi) is 6.48. The average Bonchev–Trinajstić information content (AvgIpc) is 2.83. The number of aromatic nitrogens is 2. The van der Waals surface area contributed by atoms with E-state index in [0.29, 0.717) is 0 Å². The smallest absolute Gasteiger partial charge is 0.294 e. The third-order valence-corrected chi connectivity index (χ3v) is 4.98. The predicted octanol–water partition coefficient (Wildman–Crippen LogP) is 6.63. The van der Waals surface area contributed by atoms with Crippen molar-refractivity contribution < 1.29 is 20.4 Å². The summed E-state index contributed by atoms with van der Waals surface area (Å²) in [5, 5.41) is 2.39. The van der Waals surface area contributed by atoms with Crippen LogP contribution in [0.1, 0.15) is 11.3 Å². The van der Waals surface area contributed by atoms with Crippen molar-refractivity contribution in [2.75, 3.05) is 0 Å². The molecule has 0 amide bonds. The van der Waals surface area contributed by atoms with E-state index in [0.717, 1.165) is 33.8 Å². The van der Waals surface area contributed by atoms with Crippen molar-refractivity contribution in [3.05, 3.63) is 127 Å². The molecule has 0 spiro atoms. The molecule has 5 aromatic rings. The zero-order valence-electron chi connectivity index (χ0n) is 16.6. The third-order valence-electron chi connectivity index (χ3n) is 4.98. The van der Waals surface area contributed by atoms with Gasteiger partial charge in [-0.15, -0.1) is 65.2 Å². The molecule has 0 bridgehead atoms. The molecule has 0 atom stereocenters. The number of hydrogen-bond donors (Lipinski definition) is 0. The molecule has 5 rings (SSSR count). The van der Waals surface area contributed by atoms with Crippen molar-refractivity contribution in [3.8, 4) is 22.5 Å². The number of pyridine rings is 2. The molecule has 3 aromatic carbocycles. The van der Waals surface area contributed by atoms with Crippen LogP contribution in [-0.2, 0) is 20.4 Å². The number of hydrogen-bond acceptors (Lipinski definition) is 2. The van der Waals surface area contributed by atoms with E-state index >= 15 is 0 Å². The van der Waals surface area contributed by atoms with Crippen LogP contribution in [0.2, 0.25) is 0 Å². The van der Waals surface area contributed by atoms with Gasteiger partial charge >= 0.3 is 20.4 Å². The molecule has 0 N–H and O–H groups in total. The van der Waals surface area contributed by atoms with Gasteiger partial charge in [-0.2, -0.15) is 0 Å². The van der Waals surface area contributed by atoms with E-state index in [1.165, 1.54) is 10.8 Å². The third kappa shape index (κ3) is 4.54. The second-order valence-corrected chi connectivity index (χ2v) is 6.94. The minimum atomic E-state index is 0. The number of fused-ring (bicyclic) bond motifs is 1. The Morgan fingerprint density at radius 2 is 1.58 bits per heavy atom. The van der Waals surface area contributed by atoms with Crippen LogP contribution in [0.3, 0.4) is 0 Å². The predicted molar refractivity (Wildman–Crippen MR) is 122 cm³/mol. The molecule has 31 heavy (non-hydrogen) atoms. The monoisotopic (exact) mass is 488 g/mol. The van der Waals surface area contributed by atoms with Gasteiger partial charge in [-0.1, -0.05) is 53.9 Å². The fraction of sp³-hybridized carbons (Fsp3) is 0. The summed E-state index contributed by atoms with van der Waals surface area (Å²) < 4.78 is 0. The first-order valence-electron chi connectivity index (χ1n) is 9.85. The molecule has 0 aliphatic rings. The zero-order chi connectivity index (χ0) is 20.2. The Hall–Kier alpha value is -3.38. The van der Waals surface area contributed by atoms with Crippen LogP contribution in [-0.4, -0.2) is 9.97 Å². The Balaban J connectivity index is 0.00000231. The molecular formula is C28H18N2Pd. The summed E-state index contributed by atoms with van der Waals surface area (Å²) in [6.45, 7) is 0. The Bertz CT molecular complexity index is 1330. The van der Waals surface area contributed by atoms with E-state index < -0.39 is 0 Å². The average molecular weight is 489 g/mol. The van der Waals surface area contributed by atoms with E-state index in [9.17, 15) is 0 Å². The second-order valence-electron chi connectivity index (χ2n) is 6.94. The Morgan fingerprint density at radius 1 is 0.742 bits per heavy atom. The molecule has 0 unspecified atom stereocenters. The maximum atomic E-state index is 4.73. The summed E-state index contributed by atoms with van der Waals surface area (Å²) in [4.78, 5) is 9.13. The molecule has 0 fully saturated rings. The first-order chi connectivity index (χ1) is 14.9. The van der Waals surface area contributed by atoms with Gasteiger partial charge in [0.2, 0.25) is 0 Å². The summed E-state index contributed by atoms with van der Waals surface area (Å²) in [6, 6.07) is 35.9. The van der Waals surface area contributed by atoms with Gasteiger partial charge < -0.3 is 0 Å². The van der Waals surface area contributed by atoms with Gasteiger partial charge in [0, 0.05) is 6.20 Å². The summed E-state index contributed by atoms with van der Waals surface area (Å²) in [7, 11) is 0. The molecule has 3 heteroatoms. The van der Waals surface area contributed by atoms with E-state index in [4.69, 9.17) is 4.98 Å². The minimum Gasteiger partial charge on any atom is -0.294 e. The number of rotatable bonds is 4. The van der Waals surface area contributed by atoms with Crippen LogP contribution in [0.15, 0.2) is 103 Å². The van der Waals surface area contributed by atoms with Crippen LogP contribution >= 0.6 is 0 Å². The standard InChI is InChI=1S/C28H18N2.Pd/c1-2-10-22(11-3-1)28-23(17-16-21-9-4-5-13-25(21)28)18-19-24-12-8-15-27(30-24)26-14-6-7-20-29-26;/h1-10,12-17,19-20H;/q-2;+2. The van der Waals surface area contributed by atoms with Crippen molar-refractivity contribution in [1.29, 1.82) is 0 Å². The molecular weight excluding hydrogens is 471 g/mol. The normalized spacial score (nSPS) is 10.8. The van der Waals surface area contributed by atoms with Crippen LogP contribution in [0.5, 0.6) is 0 Å². The Labute approximate surface area is 196 Å². The van der Waals surface area contributed by atoms with Crippen molar-refractivity contribution in [1.82, 2.24) is 9.97 Å². The first-order valence-corrected chi connectivity index (χ1v) is 9.85. The summed E-state index contributed by atoms with van der Waals surface area (Å²) in [5.41, 5.74) is 5.75. The number of nitrogens with zero attached hydrogens (tertiary/aromatic N) is 2. The van der Waals surface area contributed by atoms with Crippen molar-refractivity contribution in [2.45, 2.75) is 0 Å². The van der Waals surface area contributed by atoms with Gasteiger partial charge in [-0.25, -0.2) is 0 Å². The van der Waals surface area contributed by atoms with Gasteiger partial charge in [0.15, 0.2) is 0 Å². The van der Waals surface area contributed by atoms with Crippen molar-refractivity contribution in [2.24, 2.45) is 0 Å². The minimum absolute atomic E-state index is 0. The molecule has 0 aliphatic carbocycles. The summed E-state index contributed by atoms with van der Waals surface area (Å²) in [5.74, 6) is 0. The van der Waals surface area contributed by atoms with E-state index in [-0.39, 0.29) is 20.4 Å². The maximum Gasteiger partial charge on any atom is 2.00 e. The van der Waals surface area contributed by atoms with Gasteiger partial charge in [0.25, 0.3) is 0 Å². The van der Waals surface area contributed by atoms with Gasteiger partial charge in [-0.05, 0) is 29.3 Å². The van der Waals surface area contributed by atoms with Crippen molar-refractivity contribution in [3.63, 3.8) is 0 Å². The molecule has 2 aromatic heterocycles. The van der Waals surface area contributed by atoms with Crippen molar-refractivity contribution >= 4 is 16.8 Å². The fourth-order valence-electron chi connectivity index (χ4n) is 3.57. The topological polar surface area (TPSA) is 25.8 Å². The second kappa shape index (κ2) is 9.62.